The van der Waals surface area contributed by atoms with E-state index in [2.05, 4.69) is 34.9 Å². The highest BCUT2D eigenvalue weighted by Gasteiger charge is 2.25. The van der Waals surface area contributed by atoms with Gasteiger partial charge in [-0.15, -0.1) is 0 Å². The van der Waals surface area contributed by atoms with Crippen molar-refractivity contribution in [1.29, 1.82) is 0 Å². The van der Waals surface area contributed by atoms with E-state index in [1.54, 1.807) is 6.07 Å². The Morgan fingerprint density at radius 1 is 1.18 bits per heavy atom. The summed E-state index contributed by atoms with van der Waals surface area (Å²) in [5, 5.41) is 7.65. The molecule has 1 heterocycles. The summed E-state index contributed by atoms with van der Waals surface area (Å²) in [6, 6.07) is 15.7. The second kappa shape index (κ2) is 7.23. The van der Waals surface area contributed by atoms with Crippen LogP contribution in [0.3, 0.4) is 0 Å². The van der Waals surface area contributed by atoms with Gasteiger partial charge in [0.25, 0.3) is 0 Å². The Bertz CT molecular complexity index is 618. The van der Waals surface area contributed by atoms with E-state index in [1.165, 1.54) is 17.7 Å². The zero-order valence-electron chi connectivity index (χ0n) is 12.4. The fraction of sp³-hybridized carbons (Fsp3) is 0.333. The second-order valence-electron chi connectivity index (χ2n) is 5.71. The molecule has 1 saturated heterocycles. The first-order valence-electron chi connectivity index (χ1n) is 7.69. The zero-order chi connectivity index (χ0) is 15.4. The molecule has 2 aromatic rings. The molecule has 2 aromatic carbocycles. The first-order valence-corrected chi connectivity index (χ1v) is 8.07. The van der Waals surface area contributed by atoms with E-state index in [0.29, 0.717) is 23.7 Å². The first-order chi connectivity index (χ1) is 10.7. The molecule has 0 amide bonds. The Morgan fingerprint density at radius 3 is 2.77 bits per heavy atom. The van der Waals surface area contributed by atoms with Crippen LogP contribution < -0.4 is 10.6 Å². The molecular weight excluding hydrogens is 299 g/mol. The molecule has 0 bridgehead atoms. The van der Waals surface area contributed by atoms with Crippen molar-refractivity contribution in [1.82, 2.24) is 10.6 Å². The molecule has 2 unspecified atom stereocenters. The largest absolute Gasteiger partial charge is 0.309 e. The van der Waals surface area contributed by atoms with Gasteiger partial charge in [-0.05, 0) is 42.6 Å². The van der Waals surface area contributed by atoms with Gasteiger partial charge >= 0.3 is 0 Å². The summed E-state index contributed by atoms with van der Waals surface area (Å²) in [7, 11) is 0. The predicted octanol–water partition coefficient (Wildman–Crippen LogP) is 4.06. The number of benzene rings is 2. The van der Waals surface area contributed by atoms with E-state index in [0.717, 1.165) is 24.9 Å². The number of piperidine rings is 1. The smallest absolute Gasteiger partial charge is 0.124 e. The Balaban J connectivity index is 1.69. The van der Waals surface area contributed by atoms with Crippen LogP contribution in [0.15, 0.2) is 48.5 Å². The Hall–Kier alpha value is -1.42. The average Bonchev–Trinajstić information content (AvgIpc) is 2.55. The summed E-state index contributed by atoms with van der Waals surface area (Å²) in [4.78, 5) is 0. The SMILES string of the molecule is Fc1ccc(CNC2CCCNC2c2ccccc2)c(Cl)c1. The van der Waals surface area contributed by atoms with Crippen molar-refractivity contribution < 1.29 is 4.39 Å². The summed E-state index contributed by atoms with van der Waals surface area (Å²) in [5.41, 5.74) is 2.23. The molecule has 4 heteroatoms. The van der Waals surface area contributed by atoms with Gasteiger partial charge < -0.3 is 10.6 Å². The quantitative estimate of drug-likeness (QED) is 0.888. The second-order valence-corrected chi connectivity index (χ2v) is 6.12. The third kappa shape index (κ3) is 3.67. The number of halogens is 2. The fourth-order valence-electron chi connectivity index (χ4n) is 3.03. The average molecular weight is 319 g/mol. The van der Waals surface area contributed by atoms with Crippen LogP contribution >= 0.6 is 11.6 Å². The summed E-state index contributed by atoms with van der Waals surface area (Å²) in [6.07, 6.45) is 2.27. The van der Waals surface area contributed by atoms with E-state index in [4.69, 9.17) is 11.6 Å². The molecular formula is C18H20ClFN2. The molecule has 0 saturated carbocycles. The van der Waals surface area contributed by atoms with E-state index in [1.807, 2.05) is 6.07 Å². The molecule has 2 nitrogen and oxygen atoms in total. The van der Waals surface area contributed by atoms with Crippen LogP contribution in [0.25, 0.3) is 0 Å². The van der Waals surface area contributed by atoms with Crippen molar-refractivity contribution in [2.75, 3.05) is 6.54 Å². The molecule has 2 N–H and O–H groups in total. The van der Waals surface area contributed by atoms with Crippen molar-refractivity contribution in [2.45, 2.75) is 31.5 Å². The molecule has 1 aliphatic heterocycles. The molecule has 0 spiro atoms. The highest BCUT2D eigenvalue weighted by atomic mass is 35.5. The molecule has 1 aliphatic rings. The van der Waals surface area contributed by atoms with Crippen LogP contribution in [0.4, 0.5) is 4.39 Å². The Kier molecular flexibility index (Phi) is 5.08. The van der Waals surface area contributed by atoms with E-state index in [9.17, 15) is 4.39 Å². The van der Waals surface area contributed by atoms with Gasteiger partial charge in [-0.3, -0.25) is 0 Å². The minimum Gasteiger partial charge on any atom is -0.309 e. The Morgan fingerprint density at radius 2 is 2.00 bits per heavy atom. The molecule has 1 fully saturated rings. The van der Waals surface area contributed by atoms with Gasteiger partial charge in [0.1, 0.15) is 5.82 Å². The van der Waals surface area contributed by atoms with E-state index < -0.39 is 0 Å². The van der Waals surface area contributed by atoms with Crippen molar-refractivity contribution in [2.24, 2.45) is 0 Å². The monoisotopic (exact) mass is 318 g/mol. The normalized spacial score (nSPS) is 21.7. The molecule has 116 valence electrons. The van der Waals surface area contributed by atoms with Crippen molar-refractivity contribution in [3.8, 4) is 0 Å². The summed E-state index contributed by atoms with van der Waals surface area (Å²) in [5.74, 6) is -0.296. The minimum absolute atomic E-state index is 0.296. The molecule has 2 atom stereocenters. The molecule has 0 radical (unpaired) electrons. The van der Waals surface area contributed by atoms with Gasteiger partial charge in [0.15, 0.2) is 0 Å². The Labute approximate surface area is 135 Å². The standard InChI is InChI=1S/C18H20ClFN2/c19-16-11-15(20)9-8-14(16)12-22-17-7-4-10-21-18(17)13-5-2-1-3-6-13/h1-3,5-6,8-9,11,17-18,21-22H,4,7,10,12H2. The first kappa shape index (κ1) is 15.5. The lowest BCUT2D eigenvalue weighted by atomic mass is 9.92. The topological polar surface area (TPSA) is 24.1 Å². The summed E-state index contributed by atoms with van der Waals surface area (Å²) < 4.78 is 13.1. The number of hydrogen-bond donors (Lipinski definition) is 2. The van der Waals surface area contributed by atoms with Crippen LogP contribution in [0.2, 0.25) is 5.02 Å². The number of nitrogens with one attached hydrogen (secondary N) is 2. The van der Waals surface area contributed by atoms with Crippen LogP contribution in [-0.4, -0.2) is 12.6 Å². The maximum atomic E-state index is 13.1. The summed E-state index contributed by atoms with van der Waals surface area (Å²) in [6.45, 7) is 1.68. The maximum absolute atomic E-state index is 13.1. The molecule has 0 aromatic heterocycles. The van der Waals surface area contributed by atoms with Gasteiger partial charge in [0.05, 0.1) is 0 Å². The van der Waals surface area contributed by atoms with Crippen molar-refractivity contribution >= 4 is 11.6 Å². The number of rotatable bonds is 4. The highest BCUT2D eigenvalue weighted by Crippen LogP contribution is 2.24. The molecule has 3 rings (SSSR count). The minimum atomic E-state index is -0.296. The van der Waals surface area contributed by atoms with Gasteiger partial charge in [-0.1, -0.05) is 48.0 Å². The van der Waals surface area contributed by atoms with Gasteiger partial charge in [0.2, 0.25) is 0 Å². The van der Waals surface area contributed by atoms with Gasteiger partial charge in [-0.2, -0.15) is 0 Å². The van der Waals surface area contributed by atoms with E-state index in [-0.39, 0.29) is 5.82 Å². The third-order valence-electron chi connectivity index (χ3n) is 4.19. The van der Waals surface area contributed by atoms with Crippen LogP contribution in [0.5, 0.6) is 0 Å². The molecule has 22 heavy (non-hydrogen) atoms. The third-order valence-corrected chi connectivity index (χ3v) is 4.54. The predicted molar refractivity (Wildman–Crippen MR) is 88.5 cm³/mol. The molecule has 0 aliphatic carbocycles. The van der Waals surface area contributed by atoms with Crippen LogP contribution in [0.1, 0.15) is 30.0 Å². The van der Waals surface area contributed by atoms with E-state index >= 15 is 0 Å². The van der Waals surface area contributed by atoms with Crippen LogP contribution in [-0.2, 0) is 6.54 Å². The van der Waals surface area contributed by atoms with Gasteiger partial charge in [-0.25, -0.2) is 4.39 Å². The van der Waals surface area contributed by atoms with Crippen molar-refractivity contribution in [3.63, 3.8) is 0 Å². The zero-order valence-corrected chi connectivity index (χ0v) is 13.1. The summed E-state index contributed by atoms with van der Waals surface area (Å²) >= 11 is 6.10. The van der Waals surface area contributed by atoms with Gasteiger partial charge in [0, 0.05) is 23.7 Å². The lowest BCUT2D eigenvalue weighted by Gasteiger charge is -2.34. The highest BCUT2D eigenvalue weighted by molar-refractivity contribution is 6.31. The maximum Gasteiger partial charge on any atom is 0.124 e. The van der Waals surface area contributed by atoms with Crippen LogP contribution in [0, 0.1) is 5.82 Å². The lowest BCUT2D eigenvalue weighted by Crippen LogP contribution is -2.45. The lowest BCUT2D eigenvalue weighted by molar-refractivity contribution is 0.304. The fourth-order valence-corrected chi connectivity index (χ4v) is 3.26. The van der Waals surface area contributed by atoms with Crippen molar-refractivity contribution in [3.05, 3.63) is 70.5 Å². The number of hydrogen-bond acceptors (Lipinski definition) is 2.